The summed E-state index contributed by atoms with van der Waals surface area (Å²) in [7, 11) is -4.37. The predicted octanol–water partition coefficient (Wildman–Crippen LogP) is 0.407. The molecule has 6 heteroatoms. The van der Waals surface area contributed by atoms with Crippen LogP contribution in [-0.2, 0) is 14.9 Å². The molecule has 1 heterocycles. The maximum atomic E-state index is 10.5. The van der Waals surface area contributed by atoms with Crippen molar-refractivity contribution in [3.05, 3.63) is 24.2 Å². The van der Waals surface area contributed by atoms with E-state index in [1.165, 1.54) is 12.3 Å². The molecule has 1 aromatic heterocycles. The van der Waals surface area contributed by atoms with Crippen LogP contribution in [0, 0.1) is 0 Å². The van der Waals surface area contributed by atoms with Gasteiger partial charge in [0.15, 0.2) is 5.25 Å². The zero-order valence-electron chi connectivity index (χ0n) is 5.88. The zero-order chi connectivity index (χ0) is 9.19. The summed E-state index contributed by atoms with van der Waals surface area (Å²) in [5.74, 6) is 0. The maximum absolute atomic E-state index is 10.5. The minimum atomic E-state index is -4.37. The van der Waals surface area contributed by atoms with Crippen LogP contribution >= 0.6 is 0 Å². The lowest BCUT2D eigenvalue weighted by atomic mass is 10.3. The van der Waals surface area contributed by atoms with Gasteiger partial charge in [-0.2, -0.15) is 8.42 Å². The van der Waals surface area contributed by atoms with Crippen LogP contribution in [0.2, 0.25) is 0 Å². The van der Waals surface area contributed by atoms with Crippen molar-refractivity contribution in [2.24, 2.45) is 0 Å². The fourth-order valence-corrected chi connectivity index (χ4v) is 1.38. The van der Waals surface area contributed by atoms with Crippen molar-refractivity contribution in [2.75, 3.05) is 0 Å². The number of carbonyl (C=O) groups excluding carboxylic acids is 1. The molecule has 1 atom stereocenters. The van der Waals surface area contributed by atoms with Crippen molar-refractivity contribution in [1.82, 2.24) is 0 Å². The molecule has 1 N–H and O–H groups in total. The van der Waals surface area contributed by atoms with E-state index in [1.807, 2.05) is 0 Å². The molecule has 0 spiro atoms. The topological polar surface area (TPSA) is 84.6 Å². The van der Waals surface area contributed by atoms with Crippen LogP contribution in [0.25, 0.3) is 0 Å². The Morgan fingerprint density at radius 3 is 2.58 bits per heavy atom. The van der Waals surface area contributed by atoms with Crippen molar-refractivity contribution >= 4 is 16.4 Å². The second-order valence-electron chi connectivity index (χ2n) is 2.13. The standard InChI is InChI=1S/C6H6O5S/c7-3-6(12(8,9)10)5-1-2-11-4-5/h1-4,6H,(H,8,9,10). The van der Waals surface area contributed by atoms with Crippen LogP contribution in [0.15, 0.2) is 23.0 Å². The van der Waals surface area contributed by atoms with E-state index in [-0.39, 0.29) is 11.8 Å². The molecule has 0 fully saturated rings. The van der Waals surface area contributed by atoms with E-state index in [0.717, 1.165) is 6.26 Å². The van der Waals surface area contributed by atoms with Crippen LogP contribution in [0.5, 0.6) is 0 Å². The average Bonchev–Trinajstić information content (AvgIpc) is 2.38. The summed E-state index contributed by atoms with van der Waals surface area (Å²) in [5.41, 5.74) is 0.118. The molecule has 1 aromatic rings. The lowest BCUT2D eigenvalue weighted by Crippen LogP contribution is -2.12. The second-order valence-corrected chi connectivity index (χ2v) is 3.67. The van der Waals surface area contributed by atoms with E-state index in [2.05, 4.69) is 4.42 Å². The molecule has 0 saturated carbocycles. The number of carbonyl (C=O) groups is 1. The number of aldehydes is 1. The Kier molecular flexibility index (Phi) is 2.30. The van der Waals surface area contributed by atoms with Gasteiger partial charge in [-0.25, -0.2) is 0 Å². The van der Waals surface area contributed by atoms with Crippen LogP contribution in [0.1, 0.15) is 10.8 Å². The van der Waals surface area contributed by atoms with Crippen molar-refractivity contribution in [3.8, 4) is 0 Å². The van der Waals surface area contributed by atoms with Gasteiger partial charge in [-0.3, -0.25) is 4.55 Å². The molecule has 0 aliphatic rings. The summed E-state index contributed by atoms with van der Waals surface area (Å²) in [6.45, 7) is 0. The van der Waals surface area contributed by atoms with E-state index in [0.29, 0.717) is 0 Å². The van der Waals surface area contributed by atoms with Crippen LogP contribution in [0.4, 0.5) is 0 Å². The highest BCUT2D eigenvalue weighted by Gasteiger charge is 2.25. The Balaban J connectivity index is 3.08. The molecular formula is C6H6O5S. The molecule has 1 rings (SSSR count). The van der Waals surface area contributed by atoms with Gasteiger partial charge in [0.2, 0.25) is 0 Å². The second kappa shape index (κ2) is 3.08. The first-order chi connectivity index (χ1) is 5.55. The minimum absolute atomic E-state index is 0.118. The Bertz CT molecular complexity index is 349. The molecule has 66 valence electrons. The van der Waals surface area contributed by atoms with E-state index in [9.17, 15) is 13.2 Å². The largest absolute Gasteiger partial charge is 0.472 e. The van der Waals surface area contributed by atoms with Gasteiger partial charge in [0.25, 0.3) is 10.1 Å². The smallest absolute Gasteiger partial charge is 0.279 e. The van der Waals surface area contributed by atoms with Crippen LogP contribution < -0.4 is 0 Å². The summed E-state index contributed by atoms with van der Waals surface area (Å²) >= 11 is 0. The molecule has 0 amide bonds. The van der Waals surface area contributed by atoms with E-state index >= 15 is 0 Å². The van der Waals surface area contributed by atoms with Crippen molar-refractivity contribution < 1.29 is 22.2 Å². The Labute approximate surface area is 68.7 Å². The molecule has 12 heavy (non-hydrogen) atoms. The van der Waals surface area contributed by atoms with Gasteiger partial charge in [-0.15, -0.1) is 0 Å². The van der Waals surface area contributed by atoms with Gasteiger partial charge in [-0.1, -0.05) is 0 Å². The normalized spacial score (nSPS) is 14.1. The molecular weight excluding hydrogens is 184 g/mol. The highest BCUT2D eigenvalue weighted by atomic mass is 32.2. The number of hydrogen-bond donors (Lipinski definition) is 1. The molecule has 0 aliphatic carbocycles. The number of rotatable bonds is 3. The van der Waals surface area contributed by atoms with E-state index < -0.39 is 15.4 Å². The third-order valence-electron chi connectivity index (χ3n) is 1.32. The Morgan fingerprint density at radius 1 is 1.58 bits per heavy atom. The third-order valence-corrected chi connectivity index (χ3v) is 2.34. The van der Waals surface area contributed by atoms with Crippen LogP contribution in [0.3, 0.4) is 0 Å². The summed E-state index contributed by atoms with van der Waals surface area (Å²) in [6, 6.07) is 1.30. The molecule has 0 aromatic carbocycles. The third kappa shape index (κ3) is 1.72. The summed E-state index contributed by atoms with van der Waals surface area (Å²) in [4.78, 5) is 10.3. The minimum Gasteiger partial charge on any atom is -0.472 e. The number of furan rings is 1. The van der Waals surface area contributed by atoms with Gasteiger partial charge in [0.05, 0.1) is 12.5 Å². The van der Waals surface area contributed by atoms with Gasteiger partial charge < -0.3 is 9.21 Å². The van der Waals surface area contributed by atoms with Crippen molar-refractivity contribution in [3.63, 3.8) is 0 Å². The van der Waals surface area contributed by atoms with Crippen molar-refractivity contribution in [2.45, 2.75) is 5.25 Å². The highest BCUT2D eigenvalue weighted by Crippen LogP contribution is 2.18. The van der Waals surface area contributed by atoms with Crippen LogP contribution in [-0.4, -0.2) is 19.3 Å². The SMILES string of the molecule is O=CC(c1ccoc1)S(=O)(=O)O. The van der Waals surface area contributed by atoms with Gasteiger partial charge in [-0.05, 0) is 6.07 Å². The maximum Gasteiger partial charge on any atom is 0.279 e. The quantitative estimate of drug-likeness (QED) is 0.551. The van der Waals surface area contributed by atoms with Gasteiger partial charge >= 0.3 is 0 Å². The van der Waals surface area contributed by atoms with Gasteiger partial charge in [0, 0.05) is 5.56 Å². The van der Waals surface area contributed by atoms with E-state index in [1.54, 1.807) is 0 Å². The van der Waals surface area contributed by atoms with Gasteiger partial charge in [0.1, 0.15) is 6.29 Å². The number of hydrogen-bond acceptors (Lipinski definition) is 4. The molecule has 0 aliphatic heterocycles. The first kappa shape index (κ1) is 8.95. The lowest BCUT2D eigenvalue weighted by Gasteiger charge is -2.01. The van der Waals surface area contributed by atoms with E-state index in [4.69, 9.17) is 4.55 Å². The summed E-state index contributed by atoms with van der Waals surface area (Å²) < 4.78 is 34.2. The Morgan fingerprint density at radius 2 is 2.25 bits per heavy atom. The highest BCUT2D eigenvalue weighted by molar-refractivity contribution is 7.86. The zero-order valence-corrected chi connectivity index (χ0v) is 6.69. The van der Waals surface area contributed by atoms with Crippen molar-refractivity contribution in [1.29, 1.82) is 0 Å². The molecule has 5 nitrogen and oxygen atoms in total. The predicted molar refractivity (Wildman–Crippen MR) is 39.1 cm³/mol. The first-order valence-electron chi connectivity index (χ1n) is 2.99. The molecule has 1 unspecified atom stereocenters. The summed E-state index contributed by atoms with van der Waals surface area (Å²) in [5, 5.41) is -1.55. The Hall–Kier alpha value is -1.14. The fraction of sp³-hybridized carbons (Fsp3) is 0.167. The first-order valence-corrected chi connectivity index (χ1v) is 4.49. The molecule has 0 radical (unpaired) electrons. The lowest BCUT2D eigenvalue weighted by molar-refractivity contribution is -0.107. The monoisotopic (exact) mass is 190 g/mol. The molecule has 0 bridgehead atoms. The average molecular weight is 190 g/mol. The fourth-order valence-electron chi connectivity index (χ4n) is 0.758. The summed E-state index contributed by atoms with van der Waals surface area (Å²) in [6.07, 6.45) is 2.45. The molecule has 0 saturated heterocycles.